The lowest BCUT2D eigenvalue weighted by Crippen LogP contribution is -2.46. The number of aryl methyl sites for hydroxylation is 1. The summed E-state index contributed by atoms with van der Waals surface area (Å²) >= 11 is 0. The Morgan fingerprint density at radius 3 is 2.79 bits per heavy atom. The Morgan fingerprint density at radius 1 is 1.29 bits per heavy atom. The third-order valence-electron chi connectivity index (χ3n) is 4.20. The number of nitrogens with zero attached hydrogens (tertiary/aromatic N) is 2. The van der Waals surface area contributed by atoms with E-state index in [0.717, 1.165) is 38.3 Å². The van der Waals surface area contributed by atoms with Gasteiger partial charge < -0.3 is 15.1 Å². The van der Waals surface area contributed by atoms with Crippen molar-refractivity contribution in [2.45, 2.75) is 13.3 Å². The molecule has 0 saturated carbocycles. The van der Waals surface area contributed by atoms with E-state index in [4.69, 9.17) is 4.42 Å². The summed E-state index contributed by atoms with van der Waals surface area (Å²) < 4.78 is 5.69. The molecule has 0 aliphatic carbocycles. The highest BCUT2D eigenvalue weighted by atomic mass is 16.4. The van der Waals surface area contributed by atoms with Crippen LogP contribution in [0.25, 0.3) is 11.5 Å². The van der Waals surface area contributed by atoms with Gasteiger partial charge in [-0.15, -0.1) is 0 Å². The summed E-state index contributed by atoms with van der Waals surface area (Å²) in [7, 11) is 0. The van der Waals surface area contributed by atoms with E-state index in [9.17, 15) is 4.79 Å². The van der Waals surface area contributed by atoms with E-state index < -0.39 is 0 Å². The van der Waals surface area contributed by atoms with Crippen molar-refractivity contribution < 1.29 is 9.21 Å². The summed E-state index contributed by atoms with van der Waals surface area (Å²) in [5, 5.41) is 6.29. The number of amides is 1. The number of hydrogen-bond acceptors (Lipinski definition) is 5. The highest BCUT2D eigenvalue weighted by molar-refractivity contribution is 5.78. The van der Waals surface area contributed by atoms with Crippen LogP contribution in [-0.2, 0) is 11.2 Å². The summed E-state index contributed by atoms with van der Waals surface area (Å²) in [5.74, 6) is 1.25. The summed E-state index contributed by atoms with van der Waals surface area (Å²) in [4.78, 5) is 19.0. The molecule has 0 radical (unpaired) electrons. The lowest BCUT2D eigenvalue weighted by Gasteiger charge is -2.27. The first kappa shape index (κ1) is 16.7. The molecule has 1 aliphatic heterocycles. The third-order valence-corrected chi connectivity index (χ3v) is 4.20. The van der Waals surface area contributed by atoms with Gasteiger partial charge in [-0.2, -0.15) is 0 Å². The van der Waals surface area contributed by atoms with E-state index in [1.54, 1.807) is 0 Å². The maximum atomic E-state index is 12.1. The molecule has 1 aromatic heterocycles. The van der Waals surface area contributed by atoms with E-state index in [-0.39, 0.29) is 12.3 Å². The Kier molecular flexibility index (Phi) is 5.61. The predicted octanol–water partition coefficient (Wildman–Crippen LogP) is 1.21. The molecule has 2 aromatic rings. The minimum atomic E-state index is -0.0128. The first-order valence-electron chi connectivity index (χ1n) is 8.44. The zero-order valence-electron chi connectivity index (χ0n) is 14.0. The van der Waals surface area contributed by atoms with E-state index >= 15 is 0 Å². The summed E-state index contributed by atoms with van der Waals surface area (Å²) in [6.07, 6.45) is 0.254. The molecule has 128 valence electrons. The van der Waals surface area contributed by atoms with Crippen molar-refractivity contribution in [3.8, 4) is 11.5 Å². The van der Waals surface area contributed by atoms with Gasteiger partial charge >= 0.3 is 0 Å². The van der Waals surface area contributed by atoms with Crippen LogP contribution in [0.3, 0.4) is 0 Å². The molecule has 6 nitrogen and oxygen atoms in total. The normalized spacial score (nSPS) is 15.4. The molecule has 2 N–H and O–H groups in total. The molecule has 0 atom stereocenters. The minimum Gasteiger partial charge on any atom is -0.441 e. The number of oxazole rings is 1. The Bertz CT molecular complexity index is 663. The Hall–Kier alpha value is -2.18. The number of nitrogens with one attached hydrogen (secondary N) is 2. The molecule has 0 unspecified atom stereocenters. The molecule has 6 heteroatoms. The van der Waals surface area contributed by atoms with Gasteiger partial charge in [0.25, 0.3) is 0 Å². The second kappa shape index (κ2) is 8.08. The van der Waals surface area contributed by atoms with Crippen molar-refractivity contribution in [1.29, 1.82) is 0 Å². The number of rotatable bonds is 6. The fourth-order valence-corrected chi connectivity index (χ4v) is 2.80. The van der Waals surface area contributed by atoms with Crippen LogP contribution in [0, 0.1) is 6.92 Å². The molecule has 1 aromatic carbocycles. The van der Waals surface area contributed by atoms with Gasteiger partial charge in [-0.3, -0.25) is 9.69 Å². The van der Waals surface area contributed by atoms with Crippen LogP contribution in [0.15, 0.2) is 34.7 Å². The van der Waals surface area contributed by atoms with Crippen molar-refractivity contribution >= 4 is 5.91 Å². The number of carbonyl (C=O) groups excluding carboxylic acids is 1. The topological polar surface area (TPSA) is 70.4 Å². The van der Waals surface area contributed by atoms with Crippen LogP contribution >= 0.6 is 0 Å². The van der Waals surface area contributed by atoms with Crippen molar-refractivity contribution in [1.82, 2.24) is 20.5 Å². The van der Waals surface area contributed by atoms with Gasteiger partial charge in [-0.1, -0.05) is 18.2 Å². The van der Waals surface area contributed by atoms with Crippen LogP contribution in [0.5, 0.6) is 0 Å². The van der Waals surface area contributed by atoms with E-state index in [0.29, 0.717) is 23.9 Å². The highest BCUT2D eigenvalue weighted by Crippen LogP contribution is 2.21. The number of piperazine rings is 1. The molecule has 1 aliphatic rings. The molecular weight excluding hydrogens is 304 g/mol. The molecule has 0 spiro atoms. The van der Waals surface area contributed by atoms with Gasteiger partial charge in [-0.25, -0.2) is 4.98 Å². The fourth-order valence-electron chi connectivity index (χ4n) is 2.80. The van der Waals surface area contributed by atoms with Gasteiger partial charge in [0.1, 0.15) is 5.76 Å². The van der Waals surface area contributed by atoms with Gasteiger partial charge in [0.15, 0.2) is 0 Å². The van der Waals surface area contributed by atoms with E-state index in [2.05, 4.69) is 20.5 Å². The Labute approximate surface area is 142 Å². The van der Waals surface area contributed by atoms with E-state index in [1.807, 2.05) is 37.3 Å². The predicted molar refractivity (Wildman–Crippen MR) is 92.7 cm³/mol. The van der Waals surface area contributed by atoms with E-state index in [1.165, 1.54) is 0 Å². The molecule has 1 amide bonds. The largest absolute Gasteiger partial charge is 0.441 e. The summed E-state index contributed by atoms with van der Waals surface area (Å²) in [6.45, 7) is 7.53. The first-order chi connectivity index (χ1) is 11.7. The van der Waals surface area contributed by atoms with Crippen LogP contribution < -0.4 is 10.6 Å². The average Bonchev–Trinajstić information content (AvgIpc) is 2.97. The maximum absolute atomic E-state index is 12.1. The van der Waals surface area contributed by atoms with Crippen molar-refractivity contribution in [3.63, 3.8) is 0 Å². The zero-order valence-corrected chi connectivity index (χ0v) is 14.0. The molecule has 2 heterocycles. The monoisotopic (exact) mass is 328 g/mol. The van der Waals surface area contributed by atoms with Gasteiger partial charge in [0.2, 0.25) is 11.8 Å². The first-order valence-corrected chi connectivity index (χ1v) is 8.44. The molecular formula is C18H24N4O2. The second-order valence-corrected chi connectivity index (χ2v) is 6.01. The number of aromatic nitrogens is 1. The maximum Gasteiger partial charge on any atom is 0.226 e. The smallest absolute Gasteiger partial charge is 0.226 e. The van der Waals surface area contributed by atoms with Crippen LogP contribution in [-0.4, -0.2) is 55.1 Å². The number of benzene rings is 1. The highest BCUT2D eigenvalue weighted by Gasteiger charge is 2.15. The standard InChI is InChI=1S/C18H24N4O2/c1-14-16(21-18(24-14)15-5-3-2-4-6-15)13-17(23)20-9-12-22-10-7-19-8-11-22/h2-6,19H,7-13H2,1H3,(H,20,23). The van der Waals surface area contributed by atoms with Gasteiger partial charge in [-0.05, 0) is 19.1 Å². The average molecular weight is 328 g/mol. The third kappa shape index (κ3) is 4.43. The molecule has 1 fully saturated rings. The minimum absolute atomic E-state index is 0.0128. The summed E-state index contributed by atoms with van der Waals surface area (Å²) in [6, 6.07) is 9.73. The lowest BCUT2D eigenvalue weighted by atomic mass is 10.2. The SMILES string of the molecule is Cc1oc(-c2ccccc2)nc1CC(=O)NCCN1CCNCC1. The zero-order chi connectivity index (χ0) is 16.8. The Balaban J connectivity index is 1.50. The second-order valence-electron chi connectivity index (χ2n) is 6.01. The fraction of sp³-hybridized carbons (Fsp3) is 0.444. The summed E-state index contributed by atoms with van der Waals surface area (Å²) in [5.41, 5.74) is 1.62. The van der Waals surface area contributed by atoms with Crippen LogP contribution in [0.2, 0.25) is 0 Å². The van der Waals surface area contributed by atoms with Crippen LogP contribution in [0.4, 0.5) is 0 Å². The van der Waals surface area contributed by atoms with Gasteiger partial charge in [0.05, 0.1) is 12.1 Å². The Morgan fingerprint density at radius 2 is 2.04 bits per heavy atom. The van der Waals surface area contributed by atoms with Crippen molar-refractivity contribution in [2.75, 3.05) is 39.3 Å². The number of carbonyl (C=O) groups is 1. The van der Waals surface area contributed by atoms with Crippen molar-refractivity contribution in [2.24, 2.45) is 0 Å². The lowest BCUT2D eigenvalue weighted by molar-refractivity contribution is -0.120. The van der Waals surface area contributed by atoms with Crippen LogP contribution in [0.1, 0.15) is 11.5 Å². The molecule has 1 saturated heterocycles. The van der Waals surface area contributed by atoms with Gasteiger partial charge in [0, 0.05) is 44.8 Å². The number of hydrogen-bond donors (Lipinski definition) is 2. The quantitative estimate of drug-likeness (QED) is 0.834. The molecule has 0 bridgehead atoms. The molecule has 24 heavy (non-hydrogen) atoms. The molecule has 3 rings (SSSR count). The van der Waals surface area contributed by atoms with Crippen molar-refractivity contribution in [3.05, 3.63) is 41.8 Å².